The van der Waals surface area contributed by atoms with Crippen molar-refractivity contribution >= 4 is 21.7 Å². The van der Waals surface area contributed by atoms with Crippen LogP contribution in [0, 0.1) is 11.3 Å². The molecule has 1 fully saturated rings. The van der Waals surface area contributed by atoms with Crippen molar-refractivity contribution in [2.45, 2.75) is 45.6 Å². The molecule has 1 rings (SSSR count). The molecule has 2 N–H and O–H groups in total. The van der Waals surface area contributed by atoms with Crippen molar-refractivity contribution in [1.82, 2.24) is 5.32 Å². The molecular formula is C13H23NO5S. The molecule has 0 aromatic carbocycles. The summed E-state index contributed by atoms with van der Waals surface area (Å²) in [5.41, 5.74) is -0.474. The molecular weight excluding hydrogens is 282 g/mol. The first-order valence-electron chi connectivity index (χ1n) is 6.73. The minimum atomic E-state index is -3.13. The number of hydrogen-bond acceptors (Lipinski definition) is 4. The number of aliphatic carboxylic acids is 1. The van der Waals surface area contributed by atoms with Crippen molar-refractivity contribution in [2.75, 3.05) is 12.0 Å². The summed E-state index contributed by atoms with van der Waals surface area (Å²) < 4.78 is 22.6. The Kier molecular flexibility index (Phi) is 5.18. The van der Waals surface area contributed by atoms with Crippen LogP contribution >= 0.6 is 0 Å². The number of amides is 1. The maximum absolute atomic E-state index is 11.9. The first-order valence-corrected chi connectivity index (χ1v) is 8.79. The molecule has 20 heavy (non-hydrogen) atoms. The normalized spacial score (nSPS) is 18.6. The highest BCUT2D eigenvalue weighted by Crippen LogP contribution is 2.49. The highest BCUT2D eigenvalue weighted by atomic mass is 32.2. The Morgan fingerprint density at radius 3 is 2.20 bits per heavy atom. The third-order valence-corrected chi connectivity index (χ3v) is 4.54. The Bertz CT molecular complexity index is 479. The topological polar surface area (TPSA) is 101 Å². The summed E-state index contributed by atoms with van der Waals surface area (Å²) in [6.07, 6.45) is 3.01. The number of nitrogens with one attached hydrogen (secondary N) is 1. The van der Waals surface area contributed by atoms with Crippen LogP contribution in [0.5, 0.6) is 0 Å². The van der Waals surface area contributed by atoms with Gasteiger partial charge < -0.3 is 10.4 Å². The molecule has 0 aliphatic heterocycles. The molecule has 116 valence electrons. The molecule has 0 bridgehead atoms. The van der Waals surface area contributed by atoms with E-state index in [0.29, 0.717) is 19.3 Å². The van der Waals surface area contributed by atoms with Gasteiger partial charge in [0, 0.05) is 12.7 Å². The summed E-state index contributed by atoms with van der Waals surface area (Å²) in [4.78, 5) is 23.0. The second-order valence-electron chi connectivity index (χ2n) is 6.33. The third kappa shape index (κ3) is 5.90. The summed E-state index contributed by atoms with van der Waals surface area (Å²) in [6.45, 7) is 3.77. The summed E-state index contributed by atoms with van der Waals surface area (Å²) in [5.74, 6) is -1.28. The van der Waals surface area contributed by atoms with Gasteiger partial charge >= 0.3 is 5.97 Å². The van der Waals surface area contributed by atoms with E-state index in [0.717, 1.165) is 6.26 Å². The Morgan fingerprint density at radius 1 is 1.30 bits per heavy atom. The molecule has 1 amide bonds. The highest BCUT2D eigenvalue weighted by molar-refractivity contribution is 7.90. The van der Waals surface area contributed by atoms with Gasteiger partial charge in [0.15, 0.2) is 0 Å². The van der Waals surface area contributed by atoms with E-state index in [2.05, 4.69) is 5.32 Å². The van der Waals surface area contributed by atoms with E-state index in [1.165, 1.54) is 0 Å². The van der Waals surface area contributed by atoms with Gasteiger partial charge in [0.25, 0.3) is 0 Å². The molecule has 0 saturated heterocycles. The maximum Gasteiger partial charge on any atom is 0.326 e. The number of carboxylic acids is 1. The predicted octanol–water partition coefficient (Wildman–Crippen LogP) is 0.817. The number of hydrogen-bond donors (Lipinski definition) is 2. The first-order chi connectivity index (χ1) is 9.03. The lowest BCUT2D eigenvalue weighted by atomic mass is 10.0. The Hall–Kier alpha value is -1.11. The second kappa shape index (κ2) is 6.11. The molecule has 1 atom stereocenters. The molecule has 1 saturated carbocycles. The van der Waals surface area contributed by atoms with Gasteiger partial charge in [-0.2, -0.15) is 0 Å². The number of carbonyl (C=O) groups excluding carboxylic acids is 1. The van der Waals surface area contributed by atoms with E-state index in [1.54, 1.807) is 0 Å². The summed E-state index contributed by atoms with van der Waals surface area (Å²) in [6, 6.07) is -0.906. The molecule has 7 heteroatoms. The van der Waals surface area contributed by atoms with Gasteiger partial charge in [0.1, 0.15) is 15.9 Å². The Balaban J connectivity index is 2.56. The first kappa shape index (κ1) is 16.9. The monoisotopic (exact) mass is 305 g/mol. The quantitative estimate of drug-likeness (QED) is 0.691. The molecule has 0 aromatic heterocycles. The van der Waals surface area contributed by atoms with Gasteiger partial charge in [0.2, 0.25) is 5.91 Å². The second-order valence-corrected chi connectivity index (χ2v) is 8.47. The van der Waals surface area contributed by atoms with E-state index >= 15 is 0 Å². The fourth-order valence-electron chi connectivity index (χ4n) is 2.38. The zero-order chi connectivity index (χ0) is 15.6. The average Bonchev–Trinajstić information content (AvgIpc) is 2.92. The zero-order valence-electron chi connectivity index (χ0n) is 12.2. The number of rotatable bonds is 8. The Labute approximate surface area is 119 Å². The average molecular weight is 305 g/mol. The van der Waals surface area contributed by atoms with E-state index in [4.69, 9.17) is 5.11 Å². The minimum Gasteiger partial charge on any atom is -0.480 e. The SMILES string of the molecule is CC(C)C[C@@H](NC(=O)CC1(CS(C)(=O)=O)CC1)C(=O)O. The summed E-state index contributed by atoms with van der Waals surface area (Å²) in [5, 5.41) is 11.6. The van der Waals surface area contributed by atoms with Crippen LogP contribution in [0.1, 0.15) is 39.5 Å². The predicted molar refractivity (Wildman–Crippen MR) is 75.0 cm³/mol. The van der Waals surface area contributed by atoms with Gasteiger partial charge in [-0.1, -0.05) is 13.8 Å². The lowest BCUT2D eigenvalue weighted by Crippen LogP contribution is -2.42. The molecule has 1 aliphatic rings. The number of carboxylic acid groups (broad SMARTS) is 1. The standard InChI is InChI=1S/C13H23NO5S/c1-9(2)6-10(12(16)17)14-11(15)7-13(4-5-13)8-20(3,18)19/h9-10H,4-8H2,1-3H3,(H,14,15)(H,16,17)/t10-/m1/s1. The smallest absolute Gasteiger partial charge is 0.326 e. The van der Waals surface area contributed by atoms with Crippen molar-refractivity contribution in [3.63, 3.8) is 0 Å². The van der Waals surface area contributed by atoms with Crippen LogP contribution in [0.25, 0.3) is 0 Å². The van der Waals surface area contributed by atoms with Crippen LogP contribution in [-0.4, -0.2) is 43.5 Å². The largest absolute Gasteiger partial charge is 0.480 e. The van der Waals surface area contributed by atoms with E-state index in [-0.39, 0.29) is 24.0 Å². The molecule has 0 spiro atoms. The highest BCUT2D eigenvalue weighted by Gasteiger charge is 2.46. The molecule has 0 aromatic rings. The molecule has 1 aliphatic carbocycles. The molecule has 0 radical (unpaired) electrons. The molecule has 0 unspecified atom stereocenters. The van der Waals surface area contributed by atoms with Crippen LogP contribution in [0.15, 0.2) is 0 Å². The molecule has 0 heterocycles. The lowest BCUT2D eigenvalue weighted by molar-refractivity contribution is -0.142. The fraction of sp³-hybridized carbons (Fsp3) is 0.846. The minimum absolute atomic E-state index is 0.00462. The van der Waals surface area contributed by atoms with Crippen molar-refractivity contribution < 1.29 is 23.1 Å². The van der Waals surface area contributed by atoms with Gasteiger partial charge in [-0.05, 0) is 30.6 Å². The van der Waals surface area contributed by atoms with Gasteiger partial charge in [-0.25, -0.2) is 13.2 Å². The zero-order valence-corrected chi connectivity index (χ0v) is 13.0. The van der Waals surface area contributed by atoms with E-state index in [1.807, 2.05) is 13.8 Å². The van der Waals surface area contributed by atoms with E-state index < -0.39 is 27.3 Å². The number of carbonyl (C=O) groups is 2. The van der Waals surface area contributed by atoms with Crippen molar-refractivity contribution in [3.8, 4) is 0 Å². The van der Waals surface area contributed by atoms with Crippen molar-refractivity contribution in [3.05, 3.63) is 0 Å². The van der Waals surface area contributed by atoms with Crippen LogP contribution in [0.4, 0.5) is 0 Å². The lowest BCUT2D eigenvalue weighted by Gasteiger charge is -2.19. The molecule has 6 nitrogen and oxygen atoms in total. The van der Waals surface area contributed by atoms with Gasteiger partial charge in [0.05, 0.1) is 5.75 Å². The maximum atomic E-state index is 11.9. The van der Waals surface area contributed by atoms with Crippen LogP contribution in [-0.2, 0) is 19.4 Å². The van der Waals surface area contributed by atoms with Crippen molar-refractivity contribution in [1.29, 1.82) is 0 Å². The van der Waals surface area contributed by atoms with Crippen LogP contribution in [0.3, 0.4) is 0 Å². The third-order valence-electron chi connectivity index (χ3n) is 3.40. The van der Waals surface area contributed by atoms with Crippen molar-refractivity contribution in [2.24, 2.45) is 11.3 Å². The number of sulfone groups is 1. The fourth-order valence-corrected chi connectivity index (χ4v) is 3.89. The van der Waals surface area contributed by atoms with Gasteiger partial charge in [-0.3, -0.25) is 4.79 Å². The van der Waals surface area contributed by atoms with Gasteiger partial charge in [-0.15, -0.1) is 0 Å². The van der Waals surface area contributed by atoms with Crippen LogP contribution < -0.4 is 5.32 Å². The van der Waals surface area contributed by atoms with E-state index in [9.17, 15) is 18.0 Å². The van der Waals surface area contributed by atoms with Crippen LogP contribution in [0.2, 0.25) is 0 Å². The Morgan fingerprint density at radius 2 is 1.85 bits per heavy atom. The summed E-state index contributed by atoms with van der Waals surface area (Å²) >= 11 is 0. The summed E-state index contributed by atoms with van der Waals surface area (Å²) in [7, 11) is -3.13.